The molecule has 1 aromatic carbocycles. The minimum atomic E-state index is -0.142. The van der Waals surface area contributed by atoms with Crippen molar-refractivity contribution in [2.75, 3.05) is 7.11 Å². The Morgan fingerprint density at radius 2 is 1.95 bits per heavy atom. The van der Waals surface area contributed by atoms with Crippen LogP contribution >= 0.6 is 0 Å². The van der Waals surface area contributed by atoms with E-state index < -0.39 is 0 Å². The van der Waals surface area contributed by atoms with Crippen LogP contribution in [-0.4, -0.2) is 23.1 Å². The molecular weight excluding hydrogens is 252 g/mol. The van der Waals surface area contributed by atoms with E-state index in [2.05, 4.69) is 16.0 Å². The van der Waals surface area contributed by atoms with Crippen LogP contribution < -0.4 is 16.2 Å². The molecule has 5 heteroatoms. The van der Waals surface area contributed by atoms with Gasteiger partial charge in [0.25, 0.3) is 0 Å². The topological polar surface area (TPSA) is 87.0 Å². The Labute approximate surface area is 118 Å². The van der Waals surface area contributed by atoms with Gasteiger partial charge in [-0.25, -0.2) is 9.97 Å². The molecule has 0 spiro atoms. The van der Waals surface area contributed by atoms with Crippen LogP contribution in [0.5, 0.6) is 6.01 Å². The van der Waals surface area contributed by atoms with Gasteiger partial charge < -0.3 is 16.2 Å². The minimum Gasteiger partial charge on any atom is -0.467 e. The number of nitrogens with zero attached hydrogens (tertiary/aromatic N) is 2. The van der Waals surface area contributed by atoms with Crippen molar-refractivity contribution in [3.63, 3.8) is 0 Å². The molecule has 0 amide bonds. The van der Waals surface area contributed by atoms with E-state index in [0.29, 0.717) is 6.01 Å². The molecule has 3 rings (SSSR count). The van der Waals surface area contributed by atoms with Crippen molar-refractivity contribution >= 4 is 0 Å². The van der Waals surface area contributed by atoms with E-state index in [1.165, 1.54) is 5.56 Å². The van der Waals surface area contributed by atoms with Crippen molar-refractivity contribution in [1.82, 2.24) is 9.97 Å². The number of aromatic nitrogens is 2. The first kappa shape index (κ1) is 13.0. The van der Waals surface area contributed by atoms with Crippen molar-refractivity contribution in [3.05, 3.63) is 41.7 Å². The highest BCUT2D eigenvalue weighted by molar-refractivity contribution is 5.69. The summed E-state index contributed by atoms with van der Waals surface area (Å²) in [6.45, 7) is 0. The highest BCUT2D eigenvalue weighted by Crippen LogP contribution is 2.35. The third-order valence-electron chi connectivity index (χ3n) is 3.86. The van der Waals surface area contributed by atoms with Gasteiger partial charge in [0, 0.05) is 30.0 Å². The second-order valence-corrected chi connectivity index (χ2v) is 5.07. The van der Waals surface area contributed by atoms with Gasteiger partial charge in [0.05, 0.1) is 7.11 Å². The summed E-state index contributed by atoms with van der Waals surface area (Å²) in [7, 11) is 1.55. The van der Waals surface area contributed by atoms with Gasteiger partial charge in [0.15, 0.2) is 0 Å². The molecule has 0 aliphatic heterocycles. The quantitative estimate of drug-likeness (QED) is 0.862. The molecule has 20 heavy (non-hydrogen) atoms. The van der Waals surface area contributed by atoms with Crippen LogP contribution in [0.4, 0.5) is 0 Å². The summed E-state index contributed by atoms with van der Waals surface area (Å²) in [5, 5.41) is 0. The van der Waals surface area contributed by atoms with Crippen molar-refractivity contribution < 1.29 is 4.74 Å². The number of hydrogen-bond donors (Lipinski definition) is 2. The number of rotatable bonds is 2. The van der Waals surface area contributed by atoms with Crippen molar-refractivity contribution in [2.24, 2.45) is 11.5 Å². The van der Waals surface area contributed by atoms with E-state index >= 15 is 0 Å². The fourth-order valence-electron chi connectivity index (χ4n) is 2.75. The third kappa shape index (κ3) is 2.15. The zero-order valence-corrected chi connectivity index (χ0v) is 11.4. The molecule has 2 aromatic rings. The first-order valence-corrected chi connectivity index (χ1v) is 6.70. The number of benzene rings is 1. The summed E-state index contributed by atoms with van der Waals surface area (Å²) < 4.78 is 4.99. The summed E-state index contributed by atoms with van der Waals surface area (Å²) in [6, 6.07) is 6.43. The van der Waals surface area contributed by atoms with Crippen LogP contribution in [0.2, 0.25) is 0 Å². The number of fused-ring (bicyclic) bond motifs is 1. The van der Waals surface area contributed by atoms with E-state index in [1.807, 2.05) is 12.1 Å². The summed E-state index contributed by atoms with van der Waals surface area (Å²) in [6.07, 6.45) is 5.41. The van der Waals surface area contributed by atoms with Gasteiger partial charge in [-0.05, 0) is 29.5 Å². The van der Waals surface area contributed by atoms with Crippen molar-refractivity contribution in [2.45, 2.75) is 24.9 Å². The lowest BCUT2D eigenvalue weighted by Crippen LogP contribution is -2.38. The predicted octanol–water partition coefficient (Wildman–Crippen LogP) is 1.43. The molecule has 1 aliphatic rings. The summed E-state index contributed by atoms with van der Waals surface area (Å²) in [4.78, 5) is 8.32. The predicted molar refractivity (Wildman–Crippen MR) is 77.2 cm³/mol. The minimum absolute atomic E-state index is 0.00261. The Kier molecular flexibility index (Phi) is 3.38. The van der Waals surface area contributed by atoms with Crippen LogP contribution in [0, 0.1) is 0 Å². The highest BCUT2D eigenvalue weighted by Gasteiger charge is 2.26. The van der Waals surface area contributed by atoms with Gasteiger partial charge in [0.2, 0.25) is 0 Å². The van der Waals surface area contributed by atoms with Gasteiger partial charge in [-0.15, -0.1) is 0 Å². The van der Waals surface area contributed by atoms with Crippen molar-refractivity contribution in [3.8, 4) is 17.1 Å². The van der Waals surface area contributed by atoms with Crippen LogP contribution in [0.1, 0.15) is 23.6 Å². The third-order valence-corrected chi connectivity index (χ3v) is 3.86. The smallest absolute Gasteiger partial charge is 0.316 e. The molecule has 0 saturated carbocycles. The van der Waals surface area contributed by atoms with Gasteiger partial charge in [-0.1, -0.05) is 18.2 Å². The lowest BCUT2D eigenvalue weighted by molar-refractivity contribution is 0.380. The molecule has 1 unspecified atom stereocenters. The molecule has 5 nitrogen and oxygen atoms in total. The van der Waals surface area contributed by atoms with E-state index in [0.717, 1.165) is 29.5 Å². The van der Waals surface area contributed by atoms with Gasteiger partial charge in [-0.3, -0.25) is 0 Å². The van der Waals surface area contributed by atoms with Crippen LogP contribution in [0.25, 0.3) is 11.1 Å². The summed E-state index contributed by atoms with van der Waals surface area (Å²) in [5.41, 5.74) is 16.8. The number of ether oxygens (including phenoxy) is 1. The molecule has 0 bridgehead atoms. The maximum absolute atomic E-state index is 6.29. The van der Waals surface area contributed by atoms with E-state index in [9.17, 15) is 0 Å². The van der Waals surface area contributed by atoms with Crippen molar-refractivity contribution in [1.29, 1.82) is 0 Å². The molecule has 4 N–H and O–H groups in total. The molecule has 1 heterocycles. The lowest BCUT2D eigenvalue weighted by atomic mass is 9.81. The molecule has 0 fully saturated rings. The summed E-state index contributed by atoms with van der Waals surface area (Å²) >= 11 is 0. The van der Waals surface area contributed by atoms with Gasteiger partial charge in [0.1, 0.15) is 0 Å². The van der Waals surface area contributed by atoms with Crippen LogP contribution in [0.15, 0.2) is 30.6 Å². The van der Waals surface area contributed by atoms with Gasteiger partial charge in [-0.2, -0.15) is 0 Å². The van der Waals surface area contributed by atoms with E-state index in [-0.39, 0.29) is 12.1 Å². The molecule has 0 saturated heterocycles. The standard InChI is InChI=1S/C15H18N4O/c1-20-15-18-7-10(8-19-15)11-4-2-3-9-5-6-12(16)14(17)13(9)11/h2-4,7-8,12,14H,5-6,16-17H2,1H3/t12-,14?/m1/s1. The average molecular weight is 270 g/mol. The Morgan fingerprint density at radius 3 is 2.65 bits per heavy atom. The Balaban J connectivity index is 2.09. The number of hydrogen-bond acceptors (Lipinski definition) is 5. The van der Waals surface area contributed by atoms with Crippen LogP contribution in [-0.2, 0) is 6.42 Å². The SMILES string of the molecule is COc1ncc(-c2cccc3c2C(N)[C@H](N)CC3)cn1. The maximum atomic E-state index is 6.29. The lowest BCUT2D eigenvalue weighted by Gasteiger charge is -2.30. The monoisotopic (exact) mass is 270 g/mol. The fraction of sp³-hybridized carbons (Fsp3) is 0.333. The highest BCUT2D eigenvalue weighted by atomic mass is 16.5. The largest absolute Gasteiger partial charge is 0.467 e. The van der Waals surface area contributed by atoms with E-state index in [1.54, 1.807) is 19.5 Å². The average Bonchev–Trinajstić information content (AvgIpc) is 2.50. The van der Waals surface area contributed by atoms with Gasteiger partial charge >= 0.3 is 6.01 Å². The molecule has 1 aromatic heterocycles. The Bertz CT molecular complexity index is 612. The summed E-state index contributed by atoms with van der Waals surface area (Å²) in [5.74, 6) is 0. The first-order valence-electron chi connectivity index (χ1n) is 6.70. The second-order valence-electron chi connectivity index (χ2n) is 5.07. The second kappa shape index (κ2) is 5.19. The molecular formula is C15H18N4O. The zero-order valence-electron chi connectivity index (χ0n) is 11.4. The fourth-order valence-corrected chi connectivity index (χ4v) is 2.75. The van der Waals surface area contributed by atoms with E-state index in [4.69, 9.17) is 16.2 Å². The number of methoxy groups -OCH3 is 1. The number of aryl methyl sites for hydroxylation is 1. The molecule has 2 atom stereocenters. The first-order chi connectivity index (χ1) is 9.70. The molecule has 104 valence electrons. The molecule has 1 aliphatic carbocycles. The Morgan fingerprint density at radius 1 is 1.20 bits per heavy atom. The number of nitrogens with two attached hydrogens (primary N) is 2. The maximum Gasteiger partial charge on any atom is 0.316 e. The molecule has 0 radical (unpaired) electrons. The van der Waals surface area contributed by atoms with Crippen LogP contribution in [0.3, 0.4) is 0 Å². The Hall–Kier alpha value is -1.98. The normalized spacial score (nSPS) is 21.4. The zero-order chi connectivity index (χ0) is 14.1.